The van der Waals surface area contributed by atoms with Gasteiger partial charge in [0.25, 0.3) is 0 Å². The van der Waals surface area contributed by atoms with Crippen molar-refractivity contribution in [1.29, 1.82) is 5.26 Å². The first-order valence-electron chi connectivity index (χ1n) is 8.56. The number of hydrogen-bond acceptors (Lipinski definition) is 5. The zero-order valence-electron chi connectivity index (χ0n) is 14.8. The molecule has 0 bridgehead atoms. The topological polar surface area (TPSA) is 83.4 Å². The highest BCUT2D eigenvalue weighted by atomic mass is 35.5. The van der Waals surface area contributed by atoms with E-state index in [1.807, 2.05) is 25.3 Å². The van der Waals surface area contributed by atoms with Gasteiger partial charge in [0.05, 0.1) is 35.4 Å². The summed E-state index contributed by atoms with van der Waals surface area (Å²) in [6.07, 6.45) is 7.99. The van der Waals surface area contributed by atoms with Crippen LogP contribution in [0, 0.1) is 11.3 Å². The van der Waals surface area contributed by atoms with E-state index >= 15 is 0 Å². The minimum atomic E-state index is -0.359. The minimum absolute atomic E-state index is 0.307. The maximum absolute atomic E-state index is 10.00. The predicted molar refractivity (Wildman–Crippen MR) is 113 cm³/mol. The molecule has 0 fully saturated rings. The number of rotatable bonds is 5. The molecule has 2 unspecified atom stereocenters. The Balaban J connectivity index is 2.24. The molecule has 3 N–H and O–H groups in total. The highest BCUT2D eigenvalue weighted by molar-refractivity contribution is 7.13. The molecule has 1 aromatic heterocycles. The zero-order chi connectivity index (χ0) is 19.4. The van der Waals surface area contributed by atoms with Gasteiger partial charge < -0.3 is 10.5 Å². The summed E-state index contributed by atoms with van der Waals surface area (Å²) in [4.78, 5) is 6.19. The fraction of sp³-hybridized carbons (Fsp3) is 0.368. The molecule has 5 nitrogen and oxygen atoms in total. The van der Waals surface area contributed by atoms with E-state index in [0.29, 0.717) is 30.2 Å². The van der Waals surface area contributed by atoms with Crippen molar-refractivity contribution in [2.75, 3.05) is 20.3 Å². The summed E-state index contributed by atoms with van der Waals surface area (Å²) >= 11 is 14.3. The summed E-state index contributed by atoms with van der Waals surface area (Å²) in [5.74, 6) is 0. The van der Waals surface area contributed by atoms with Crippen LogP contribution < -0.4 is 11.1 Å². The number of nitrogens with one attached hydrogen (secondary N) is 1. The Morgan fingerprint density at radius 3 is 2.93 bits per heavy atom. The van der Waals surface area contributed by atoms with Gasteiger partial charge >= 0.3 is 0 Å². The van der Waals surface area contributed by atoms with Crippen molar-refractivity contribution in [2.45, 2.75) is 24.4 Å². The Bertz CT molecular complexity index is 879. The van der Waals surface area contributed by atoms with Crippen molar-refractivity contribution in [3.8, 4) is 6.07 Å². The predicted octanol–water partition coefficient (Wildman–Crippen LogP) is 4.15. The van der Waals surface area contributed by atoms with Crippen LogP contribution >= 0.6 is 34.5 Å². The van der Waals surface area contributed by atoms with E-state index in [4.69, 9.17) is 33.7 Å². The summed E-state index contributed by atoms with van der Waals surface area (Å²) in [5, 5.41) is 13.6. The van der Waals surface area contributed by atoms with Crippen molar-refractivity contribution in [3.05, 3.63) is 44.1 Å². The number of allylic oxidation sites excluding steroid dienone is 4. The summed E-state index contributed by atoms with van der Waals surface area (Å²) in [5.41, 5.74) is 9.01. The largest absolute Gasteiger partial charge is 0.390 e. The molecule has 2 atom stereocenters. The van der Waals surface area contributed by atoms with Gasteiger partial charge in [-0.3, -0.25) is 10.3 Å². The van der Waals surface area contributed by atoms with Gasteiger partial charge in [-0.05, 0) is 30.7 Å². The molecular formula is C19H20Cl2N4OS. The molecule has 1 aliphatic carbocycles. The van der Waals surface area contributed by atoms with E-state index in [1.165, 1.54) is 6.34 Å². The van der Waals surface area contributed by atoms with Crippen LogP contribution in [0.15, 0.2) is 28.3 Å². The Morgan fingerprint density at radius 2 is 2.33 bits per heavy atom. The van der Waals surface area contributed by atoms with Crippen LogP contribution in [0.1, 0.15) is 39.9 Å². The second-order valence-corrected chi connectivity index (χ2v) is 8.17. The highest BCUT2D eigenvalue weighted by Crippen LogP contribution is 2.45. The molecular weight excluding hydrogens is 403 g/mol. The maximum atomic E-state index is 10.00. The van der Waals surface area contributed by atoms with Gasteiger partial charge in [-0.2, -0.15) is 5.26 Å². The van der Waals surface area contributed by atoms with E-state index in [-0.39, 0.29) is 11.5 Å². The third kappa shape index (κ3) is 4.13. The molecule has 8 heteroatoms. The molecule has 0 aromatic carbocycles. The Kier molecular flexibility index (Phi) is 6.74. The van der Waals surface area contributed by atoms with Crippen LogP contribution in [0.4, 0.5) is 0 Å². The van der Waals surface area contributed by atoms with Crippen LogP contribution in [0.3, 0.4) is 0 Å². The quantitative estimate of drug-likeness (QED) is 0.424. The lowest BCUT2D eigenvalue weighted by Crippen LogP contribution is -2.17. The molecule has 27 heavy (non-hydrogen) atoms. The van der Waals surface area contributed by atoms with Gasteiger partial charge in [-0.15, -0.1) is 22.9 Å². The summed E-state index contributed by atoms with van der Waals surface area (Å²) in [6, 6.07) is 2.40. The second kappa shape index (κ2) is 9.05. The third-order valence-electron chi connectivity index (χ3n) is 4.50. The lowest BCUT2D eigenvalue weighted by molar-refractivity contribution is 0.161. The number of nitriles is 1. The average Bonchev–Trinajstić information content (AvgIpc) is 3.06. The summed E-state index contributed by atoms with van der Waals surface area (Å²) in [7, 11) is 1.81. The number of nitrogens with zero attached hydrogens (tertiary/aromatic N) is 2. The second-order valence-electron chi connectivity index (χ2n) is 6.11. The van der Waals surface area contributed by atoms with Gasteiger partial charge in [0.15, 0.2) is 0 Å². The van der Waals surface area contributed by atoms with Crippen LogP contribution in [0.5, 0.6) is 0 Å². The van der Waals surface area contributed by atoms with Gasteiger partial charge in [0.2, 0.25) is 0 Å². The molecule has 0 saturated heterocycles. The first-order chi connectivity index (χ1) is 13.1. The minimum Gasteiger partial charge on any atom is -0.390 e. The van der Waals surface area contributed by atoms with Gasteiger partial charge in [-0.25, -0.2) is 0 Å². The van der Waals surface area contributed by atoms with Crippen molar-refractivity contribution >= 4 is 52.0 Å². The number of alkyl halides is 1. The molecule has 2 aliphatic rings. The molecule has 0 amide bonds. The molecule has 3 rings (SSSR count). The van der Waals surface area contributed by atoms with Crippen LogP contribution in [0.25, 0.3) is 11.1 Å². The molecule has 0 spiro atoms. The zero-order valence-corrected chi connectivity index (χ0v) is 17.2. The number of ether oxygens (including phenoxy) is 1. The molecule has 1 aliphatic heterocycles. The normalized spacial score (nSPS) is 21.4. The van der Waals surface area contributed by atoms with Crippen LogP contribution in [-0.2, 0) is 4.74 Å². The lowest BCUT2D eigenvalue weighted by Gasteiger charge is -2.20. The molecule has 2 heterocycles. The molecule has 1 aromatic rings. The van der Waals surface area contributed by atoms with Crippen molar-refractivity contribution in [2.24, 2.45) is 10.7 Å². The number of hydrogen-bond donors (Lipinski definition) is 2. The van der Waals surface area contributed by atoms with E-state index in [0.717, 1.165) is 32.9 Å². The number of nitrogens with two attached hydrogens (primary N) is 1. The van der Waals surface area contributed by atoms with E-state index in [9.17, 15) is 5.26 Å². The monoisotopic (exact) mass is 422 g/mol. The Hall–Kier alpha value is -1.62. The number of aliphatic imine (C=N–C) groups is 1. The number of thiophene rings is 1. The van der Waals surface area contributed by atoms with Gasteiger partial charge in [0.1, 0.15) is 12.2 Å². The first kappa shape index (κ1) is 20.1. The van der Waals surface area contributed by atoms with Crippen LogP contribution in [0.2, 0.25) is 0 Å². The SMILES string of the molecule is CNC(/N=C\N)c1sc(C2=CCOCC2)c(C#N)c1C1=CC=C(Cl)CC1Cl. The maximum Gasteiger partial charge on any atom is 0.136 e. The smallest absolute Gasteiger partial charge is 0.136 e. The standard InChI is InChI=1S/C19H20Cl2N4OS/c1-24-19(25-10-23)18-16(13-3-2-12(20)8-15(13)21)14(9-22)17(27-18)11-4-6-26-7-5-11/h2-4,10,15,19,24H,5-8H2,1H3,(H2,23,25). The van der Waals surface area contributed by atoms with Crippen LogP contribution in [-0.4, -0.2) is 32.0 Å². The van der Waals surface area contributed by atoms with E-state index < -0.39 is 0 Å². The van der Waals surface area contributed by atoms with Gasteiger partial charge in [-0.1, -0.05) is 23.8 Å². The fourth-order valence-corrected chi connectivity index (χ4v) is 5.27. The van der Waals surface area contributed by atoms with E-state index in [2.05, 4.69) is 16.4 Å². The number of halogens is 2. The van der Waals surface area contributed by atoms with Crippen molar-refractivity contribution in [3.63, 3.8) is 0 Å². The Morgan fingerprint density at radius 1 is 1.52 bits per heavy atom. The molecule has 0 radical (unpaired) electrons. The first-order valence-corrected chi connectivity index (χ1v) is 10.2. The van der Waals surface area contributed by atoms with E-state index in [1.54, 1.807) is 11.3 Å². The summed E-state index contributed by atoms with van der Waals surface area (Å²) in [6.45, 7) is 1.20. The Labute approximate surface area is 172 Å². The summed E-state index contributed by atoms with van der Waals surface area (Å²) < 4.78 is 5.42. The lowest BCUT2D eigenvalue weighted by atomic mass is 9.91. The van der Waals surface area contributed by atoms with Gasteiger partial charge in [0, 0.05) is 21.9 Å². The average molecular weight is 423 g/mol. The fourth-order valence-electron chi connectivity index (χ4n) is 3.23. The molecule has 142 valence electrons. The third-order valence-corrected chi connectivity index (χ3v) is 6.49. The van der Waals surface area contributed by atoms with Crippen molar-refractivity contribution < 1.29 is 4.74 Å². The highest BCUT2D eigenvalue weighted by Gasteiger charge is 2.30. The van der Waals surface area contributed by atoms with Crippen molar-refractivity contribution in [1.82, 2.24) is 5.32 Å². The molecule has 0 saturated carbocycles.